The van der Waals surface area contributed by atoms with E-state index in [-0.39, 0.29) is 6.03 Å². The number of nitrogens with zero attached hydrogens (tertiary/aromatic N) is 3. The molecule has 1 fully saturated rings. The van der Waals surface area contributed by atoms with Crippen LogP contribution in [0.3, 0.4) is 0 Å². The molecule has 2 heterocycles. The van der Waals surface area contributed by atoms with Crippen LogP contribution in [0.25, 0.3) is 10.9 Å². The Bertz CT molecular complexity index is 821. The number of piperidine rings is 1. The number of carbonyl (C=O) groups excluding carboxylic acids is 1. The van der Waals surface area contributed by atoms with Crippen LogP contribution >= 0.6 is 0 Å². The van der Waals surface area contributed by atoms with Gasteiger partial charge in [0, 0.05) is 37.6 Å². The number of ether oxygens (including phenoxy) is 2. The minimum absolute atomic E-state index is 0.0660. The van der Waals surface area contributed by atoms with Crippen molar-refractivity contribution in [2.45, 2.75) is 32.6 Å². The van der Waals surface area contributed by atoms with Gasteiger partial charge in [0.2, 0.25) is 0 Å². The van der Waals surface area contributed by atoms with Crippen molar-refractivity contribution in [2.75, 3.05) is 45.3 Å². The Kier molecular flexibility index (Phi) is 7.32. The van der Waals surface area contributed by atoms with Crippen molar-refractivity contribution in [2.24, 2.45) is 5.92 Å². The number of unbranched alkanes of at least 4 members (excludes halogenated alkanes) is 1. The number of anilines is 1. The molecule has 2 amide bonds. The summed E-state index contributed by atoms with van der Waals surface area (Å²) in [5, 5.41) is 6.85. The van der Waals surface area contributed by atoms with Crippen LogP contribution in [0.5, 0.6) is 11.5 Å². The van der Waals surface area contributed by atoms with E-state index in [9.17, 15) is 4.79 Å². The summed E-state index contributed by atoms with van der Waals surface area (Å²) < 4.78 is 10.8. The predicted octanol–water partition coefficient (Wildman–Crippen LogP) is 2.96. The number of urea groups is 1. The van der Waals surface area contributed by atoms with Gasteiger partial charge in [-0.3, -0.25) is 0 Å². The maximum Gasteiger partial charge on any atom is 0.314 e. The predicted molar refractivity (Wildman–Crippen MR) is 114 cm³/mol. The monoisotopic (exact) mass is 401 g/mol. The van der Waals surface area contributed by atoms with Crippen LogP contribution in [-0.2, 0) is 0 Å². The Balaban J connectivity index is 1.61. The number of benzene rings is 1. The fourth-order valence-electron chi connectivity index (χ4n) is 3.65. The first kappa shape index (κ1) is 21.0. The highest BCUT2D eigenvalue weighted by atomic mass is 16.5. The maximum absolute atomic E-state index is 11.8. The fourth-order valence-corrected chi connectivity index (χ4v) is 3.65. The molecule has 29 heavy (non-hydrogen) atoms. The molecule has 8 heteroatoms. The van der Waals surface area contributed by atoms with Crippen molar-refractivity contribution in [3.63, 3.8) is 0 Å². The van der Waals surface area contributed by atoms with Gasteiger partial charge in [0.25, 0.3) is 0 Å². The van der Waals surface area contributed by atoms with E-state index < -0.39 is 0 Å². The Morgan fingerprint density at radius 3 is 2.55 bits per heavy atom. The van der Waals surface area contributed by atoms with E-state index >= 15 is 0 Å². The van der Waals surface area contributed by atoms with Gasteiger partial charge in [-0.05, 0) is 31.2 Å². The summed E-state index contributed by atoms with van der Waals surface area (Å²) in [4.78, 5) is 23.0. The highest BCUT2D eigenvalue weighted by Gasteiger charge is 2.23. The van der Waals surface area contributed by atoms with Crippen molar-refractivity contribution in [3.05, 3.63) is 18.5 Å². The molecule has 0 unspecified atom stereocenters. The first-order valence-corrected chi connectivity index (χ1v) is 10.3. The molecule has 158 valence electrons. The normalized spacial score (nSPS) is 14.7. The number of nitrogens with one attached hydrogen (secondary N) is 2. The molecule has 0 spiro atoms. The molecule has 2 aromatic rings. The summed E-state index contributed by atoms with van der Waals surface area (Å²) in [5.41, 5.74) is 0.834. The second-order valence-electron chi connectivity index (χ2n) is 7.34. The van der Waals surface area contributed by atoms with E-state index in [2.05, 4.69) is 32.4 Å². The van der Waals surface area contributed by atoms with Crippen molar-refractivity contribution < 1.29 is 14.3 Å². The number of fused-ring (bicyclic) bond motifs is 1. The largest absolute Gasteiger partial charge is 0.493 e. The molecular formula is C21H31N5O3. The lowest BCUT2D eigenvalue weighted by molar-refractivity contribution is 0.237. The maximum atomic E-state index is 11.8. The Labute approximate surface area is 172 Å². The zero-order chi connectivity index (χ0) is 20.6. The van der Waals surface area contributed by atoms with E-state index in [4.69, 9.17) is 9.47 Å². The molecular weight excluding hydrogens is 370 g/mol. The van der Waals surface area contributed by atoms with Gasteiger partial charge in [-0.2, -0.15) is 0 Å². The number of hydrogen-bond donors (Lipinski definition) is 2. The first-order chi connectivity index (χ1) is 14.2. The van der Waals surface area contributed by atoms with Crippen molar-refractivity contribution in [3.8, 4) is 11.5 Å². The summed E-state index contributed by atoms with van der Waals surface area (Å²) >= 11 is 0. The van der Waals surface area contributed by atoms with Gasteiger partial charge in [0.15, 0.2) is 11.5 Å². The van der Waals surface area contributed by atoms with E-state index in [1.54, 1.807) is 20.5 Å². The third kappa shape index (κ3) is 5.19. The Morgan fingerprint density at radius 1 is 1.14 bits per heavy atom. The van der Waals surface area contributed by atoms with E-state index in [1.807, 2.05) is 12.1 Å². The molecule has 1 aromatic heterocycles. The summed E-state index contributed by atoms with van der Waals surface area (Å²) in [6, 6.07) is 3.76. The van der Waals surface area contributed by atoms with Crippen molar-refractivity contribution in [1.82, 2.24) is 20.6 Å². The van der Waals surface area contributed by atoms with Crippen LogP contribution in [0.2, 0.25) is 0 Å². The fraction of sp³-hybridized carbons (Fsp3) is 0.571. The number of methoxy groups -OCH3 is 2. The highest BCUT2D eigenvalue weighted by molar-refractivity contribution is 5.92. The summed E-state index contributed by atoms with van der Waals surface area (Å²) in [7, 11) is 3.25. The van der Waals surface area contributed by atoms with Crippen molar-refractivity contribution >= 4 is 22.8 Å². The number of aromatic nitrogens is 2. The molecule has 1 aromatic carbocycles. The molecule has 0 aliphatic carbocycles. The summed E-state index contributed by atoms with van der Waals surface area (Å²) in [6.45, 7) is 5.34. The highest BCUT2D eigenvalue weighted by Crippen LogP contribution is 2.35. The van der Waals surface area contributed by atoms with Gasteiger partial charge >= 0.3 is 6.03 Å². The molecule has 1 saturated heterocycles. The molecule has 8 nitrogen and oxygen atoms in total. The Hall–Kier alpha value is -2.77. The topological polar surface area (TPSA) is 88.6 Å². The van der Waals surface area contributed by atoms with E-state index in [0.29, 0.717) is 24.0 Å². The average molecular weight is 402 g/mol. The van der Waals surface area contributed by atoms with Crippen LogP contribution in [0.1, 0.15) is 32.6 Å². The van der Waals surface area contributed by atoms with Crippen LogP contribution in [0, 0.1) is 5.92 Å². The smallest absolute Gasteiger partial charge is 0.314 e. The lowest BCUT2D eigenvalue weighted by Crippen LogP contribution is -2.42. The van der Waals surface area contributed by atoms with Crippen LogP contribution < -0.4 is 25.0 Å². The van der Waals surface area contributed by atoms with Gasteiger partial charge in [-0.1, -0.05) is 13.3 Å². The van der Waals surface area contributed by atoms with Gasteiger partial charge in [-0.15, -0.1) is 0 Å². The second-order valence-corrected chi connectivity index (χ2v) is 7.34. The molecule has 0 saturated carbocycles. The number of rotatable bonds is 8. The minimum Gasteiger partial charge on any atom is -0.493 e. The summed E-state index contributed by atoms with van der Waals surface area (Å²) in [5.74, 6) is 2.72. The molecule has 0 atom stereocenters. The third-order valence-corrected chi connectivity index (χ3v) is 5.40. The quantitative estimate of drug-likeness (QED) is 0.661. The zero-order valence-corrected chi connectivity index (χ0v) is 17.5. The van der Waals surface area contributed by atoms with Gasteiger partial charge < -0.3 is 25.0 Å². The summed E-state index contributed by atoms with van der Waals surface area (Å²) in [6.07, 6.45) is 5.70. The zero-order valence-electron chi connectivity index (χ0n) is 17.5. The Morgan fingerprint density at radius 2 is 1.86 bits per heavy atom. The van der Waals surface area contributed by atoms with Crippen LogP contribution in [-0.4, -0.2) is 56.4 Å². The van der Waals surface area contributed by atoms with Crippen LogP contribution in [0.4, 0.5) is 10.6 Å². The molecule has 3 rings (SSSR count). The van der Waals surface area contributed by atoms with E-state index in [0.717, 1.165) is 62.0 Å². The number of carbonyl (C=O) groups is 1. The standard InChI is InChI=1S/C21H31N5O3/c1-4-5-8-22-21(27)23-13-15-6-9-26(10-7-15)20-16-11-18(28-2)19(29-3)12-17(16)24-14-25-20/h11-12,14-15H,4-10,13H2,1-3H3,(H2,22,23,27). The van der Waals surface area contributed by atoms with Gasteiger partial charge in [0.1, 0.15) is 12.1 Å². The second kappa shape index (κ2) is 10.1. The van der Waals surface area contributed by atoms with Gasteiger partial charge in [-0.25, -0.2) is 14.8 Å². The number of hydrogen-bond acceptors (Lipinski definition) is 6. The SMILES string of the molecule is CCCCNC(=O)NCC1CCN(c2ncnc3cc(OC)c(OC)cc23)CC1. The lowest BCUT2D eigenvalue weighted by Gasteiger charge is -2.33. The van der Waals surface area contributed by atoms with E-state index in [1.165, 1.54) is 0 Å². The van der Waals surface area contributed by atoms with Gasteiger partial charge in [0.05, 0.1) is 19.7 Å². The molecule has 0 radical (unpaired) electrons. The molecule has 0 bridgehead atoms. The van der Waals surface area contributed by atoms with Crippen LogP contribution in [0.15, 0.2) is 18.5 Å². The number of amides is 2. The molecule has 2 N–H and O–H groups in total. The molecule has 1 aliphatic heterocycles. The molecule has 1 aliphatic rings. The third-order valence-electron chi connectivity index (χ3n) is 5.40. The van der Waals surface area contributed by atoms with Crippen molar-refractivity contribution in [1.29, 1.82) is 0 Å². The average Bonchev–Trinajstić information content (AvgIpc) is 2.76. The lowest BCUT2D eigenvalue weighted by atomic mass is 9.96. The minimum atomic E-state index is -0.0660. The first-order valence-electron chi connectivity index (χ1n) is 10.3.